The number of fused-ring (bicyclic) bond motifs is 6. The van der Waals surface area contributed by atoms with Crippen LogP contribution in [0.15, 0.2) is 67.3 Å². The SMILES string of the molecule is C=CCC1(C(C)CC(C)OC(=O)N(C)c2c(O)ccc3c2Oc2cc(O)ccc2C32OC(=O)c3ccccc32)C(=O)NC(=O)NC1=O. The van der Waals surface area contributed by atoms with Crippen LogP contribution in [-0.4, -0.2) is 53.3 Å². The molecule has 0 bridgehead atoms. The first-order valence-corrected chi connectivity index (χ1v) is 14.8. The number of phenols is 2. The van der Waals surface area contributed by atoms with E-state index in [0.717, 1.165) is 4.90 Å². The first-order chi connectivity index (χ1) is 22.3. The van der Waals surface area contributed by atoms with Crippen LogP contribution in [0.25, 0.3) is 0 Å². The molecule has 3 aromatic rings. The lowest BCUT2D eigenvalue weighted by molar-refractivity contribution is -0.148. The van der Waals surface area contributed by atoms with Crippen LogP contribution in [0.3, 0.4) is 0 Å². The van der Waals surface area contributed by atoms with Crippen molar-refractivity contribution in [3.63, 3.8) is 0 Å². The topological polar surface area (TPSA) is 181 Å². The van der Waals surface area contributed by atoms with E-state index in [2.05, 4.69) is 17.2 Å². The number of imide groups is 2. The maximum absolute atomic E-state index is 13.6. The third kappa shape index (κ3) is 4.65. The summed E-state index contributed by atoms with van der Waals surface area (Å²) in [4.78, 5) is 65.3. The quantitative estimate of drug-likeness (QED) is 0.162. The Kier molecular flexibility index (Phi) is 7.42. The Hall–Kier alpha value is -5.85. The highest BCUT2D eigenvalue weighted by atomic mass is 16.6. The molecule has 3 aromatic carbocycles. The molecule has 3 aliphatic rings. The van der Waals surface area contributed by atoms with Crippen LogP contribution >= 0.6 is 0 Å². The number of phenolic OH excluding ortho intramolecular Hbond substituents is 2. The van der Waals surface area contributed by atoms with Crippen molar-refractivity contribution < 1.29 is 48.4 Å². The van der Waals surface area contributed by atoms with Crippen LogP contribution in [-0.2, 0) is 24.7 Å². The van der Waals surface area contributed by atoms with E-state index in [1.54, 1.807) is 44.2 Å². The van der Waals surface area contributed by atoms with Crippen molar-refractivity contribution in [2.75, 3.05) is 11.9 Å². The van der Waals surface area contributed by atoms with Gasteiger partial charge < -0.3 is 24.4 Å². The number of barbiturate groups is 1. The Labute approximate surface area is 268 Å². The number of nitrogens with one attached hydrogen (secondary N) is 2. The van der Waals surface area contributed by atoms with Gasteiger partial charge in [0.05, 0.1) is 11.1 Å². The second-order valence-corrected chi connectivity index (χ2v) is 11.8. The van der Waals surface area contributed by atoms with Gasteiger partial charge in [-0.25, -0.2) is 14.4 Å². The average molecular weight is 642 g/mol. The smallest absolute Gasteiger partial charge is 0.414 e. The summed E-state index contributed by atoms with van der Waals surface area (Å²) < 4.78 is 18.0. The van der Waals surface area contributed by atoms with E-state index in [0.29, 0.717) is 22.3 Å². The Bertz CT molecular complexity index is 1870. The first-order valence-electron chi connectivity index (χ1n) is 14.8. The van der Waals surface area contributed by atoms with Crippen LogP contribution in [0, 0.1) is 11.3 Å². The molecule has 4 N–H and O–H groups in total. The van der Waals surface area contributed by atoms with Gasteiger partial charge >= 0.3 is 18.1 Å². The predicted octanol–water partition coefficient (Wildman–Crippen LogP) is 4.58. The second kappa shape index (κ2) is 11.2. The summed E-state index contributed by atoms with van der Waals surface area (Å²) in [5.74, 6) is -3.21. The van der Waals surface area contributed by atoms with Gasteiger partial charge in [-0.1, -0.05) is 31.2 Å². The van der Waals surface area contributed by atoms with E-state index in [4.69, 9.17) is 14.2 Å². The summed E-state index contributed by atoms with van der Waals surface area (Å²) in [6.07, 6.45) is -0.383. The van der Waals surface area contributed by atoms with E-state index in [1.165, 1.54) is 37.4 Å². The molecular weight excluding hydrogens is 610 g/mol. The van der Waals surface area contributed by atoms with Crippen LogP contribution in [0.4, 0.5) is 15.3 Å². The number of nitrogens with zero attached hydrogens (tertiary/aromatic N) is 1. The van der Waals surface area contributed by atoms with Crippen LogP contribution in [0.5, 0.6) is 23.0 Å². The molecule has 0 aromatic heterocycles. The molecule has 1 spiro atoms. The van der Waals surface area contributed by atoms with Crippen molar-refractivity contribution in [1.82, 2.24) is 10.6 Å². The number of hydrogen-bond acceptors (Lipinski definition) is 10. The molecule has 0 aliphatic carbocycles. The van der Waals surface area contributed by atoms with Crippen LogP contribution in [0.1, 0.15) is 53.7 Å². The maximum Gasteiger partial charge on any atom is 0.414 e. The van der Waals surface area contributed by atoms with Crippen molar-refractivity contribution in [2.45, 2.75) is 38.4 Å². The fourth-order valence-electron chi connectivity index (χ4n) is 6.74. The van der Waals surface area contributed by atoms with Crippen molar-refractivity contribution in [2.24, 2.45) is 11.3 Å². The molecule has 1 saturated heterocycles. The Morgan fingerprint density at radius 3 is 2.38 bits per heavy atom. The molecule has 13 nitrogen and oxygen atoms in total. The molecular formula is C34H31N3O10. The minimum Gasteiger partial charge on any atom is -0.508 e. The molecule has 13 heteroatoms. The fourth-order valence-corrected chi connectivity index (χ4v) is 6.74. The van der Waals surface area contributed by atoms with Gasteiger partial charge in [-0.15, -0.1) is 6.58 Å². The number of hydrogen-bond donors (Lipinski definition) is 4. The minimum atomic E-state index is -1.66. The van der Waals surface area contributed by atoms with E-state index in [9.17, 15) is 34.2 Å². The summed E-state index contributed by atoms with van der Waals surface area (Å²) in [6.45, 7) is 6.85. The van der Waals surface area contributed by atoms with Crippen molar-refractivity contribution in [3.8, 4) is 23.0 Å². The van der Waals surface area contributed by atoms with Crippen LogP contribution in [0.2, 0.25) is 0 Å². The summed E-state index contributed by atoms with van der Waals surface area (Å²) >= 11 is 0. The third-order valence-electron chi connectivity index (χ3n) is 8.99. The van der Waals surface area contributed by atoms with Gasteiger partial charge in [-0.3, -0.25) is 25.1 Å². The third-order valence-corrected chi connectivity index (χ3v) is 8.99. The number of benzene rings is 3. The standard InChI is InChI=1S/C34H31N3O10/c1-5-14-33(29(41)35-31(43)36-30(33)42)17(2)15-18(3)45-32(44)37(4)26-24(39)13-12-23-27(26)46-25-16-19(38)10-11-22(25)34(23)21-9-7-6-8-20(21)28(40)47-34/h5-13,16-18,38-39H,1,14-15H2,2-4H3,(H2,35,36,41,42,43). The molecule has 0 radical (unpaired) electrons. The highest BCUT2D eigenvalue weighted by Crippen LogP contribution is 2.59. The van der Waals surface area contributed by atoms with Gasteiger partial charge in [0.15, 0.2) is 11.4 Å². The Morgan fingerprint density at radius 1 is 1.00 bits per heavy atom. The number of rotatable bonds is 7. The van der Waals surface area contributed by atoms with Gasteiger partial charge in [0.1, 0.15) is 34.5 Å². The molecule has 3 heterocycles. The van der Waals surface area contributed by atoms with Gasteiger partial charge in [0.2, 0.25) is 11.8 Å². The average Bonchev–Trinajstić information content (AvgIpc) is 3.30. The highest BCUT2D eigenvalue weighted by molar-refractivity contribution is 6.19. The Balaban J connectivity index is 1.33. The molecule has 1 fully saturated rings. The molecule has 3 atom stereocenters. The number of urea groups is 1. The number of carbonyl (C=O) groups excluding carboxylic acids is 5. The lowest BCUT2D eigenvalue weighted by atomic mass is 9.69. The largest absolute Gasteiger partial charge is 0.508 e. The summed E-state index contributed by atoms with van der Waals surface area (Å²) in [5.41, 5.74) is -1.71. The molecule has 47 heavy (non-hydrogen) atoms. The molecule has 242 valence electrons. The van der Waals surface area contributed by atoms with E-state index >= 15 is 0 Å². The van der Waals surface area contributed by atoms with Gasteiger partial charge in [-0.05, 0) is 56.0 Å². The maximum atomic E-state index is 13.6. The van der Waals surface area contributed by atoms with Gasteiger partial charge in [-0.2, -0.15) is 0 Å². The second-order valence-electron chi connectivity index (χ2n) is 11.8. The van der Waals surface area contributed by atoms with Crippen molar-refractivity contribution in [1.29, 1.82) is 0 Å². The fraction of sp³-hybridized carbons (Fsp3) is 0.265. The van der Waals surface area contributed by atoms with Crippen LogP contribution < -0.4 is 20.3 Å². The summed E-state index contributed by atoms with van der Waals surface area (Å²) in [7, 11) is 1.35. The molecule has 0 saturated carbocycles. The lowest BCUT2D eigenvalue weighted by Crippen LogP contribution is -2.64. The van der Waals surface area contributed by atoms with E-state index in [1.807, 2.05) is 0 Å². The Morgan fingerprint density at radius 2 is 1.68 bits per heavy atom. The van der Waals surface area contributed by atoms with Crippen molar-refractivity contribution >= 4 is 35.6 Å². The lowest BCUT2D eigenvalue weighted by Gasteiger charge is -2.39. The normalized spacial score (nSPS) is 20.0. The first kappa shape index (κ1) is 31.1. The number of allylic oxidation sites excluding steroid dienone is 1. The number of aromatic hydroxyl groups is 2. The number of esters is 1. The summed E-state index contributed by atoms with van der Waals surface area (Å²) in [6, 6.07) is 13.1. The molecule has 6 rings (SSSR count). The number of ether oxygens (including phenoxy) is 3. The van der Waals surface area contributed by atoms with E-state index < -0.39 is 52.9 Å². The van der Waals surface area contributed by atoms with Gasteiger partial charge in [0, 0.05) is 24.2 Å². The zero-order valence-corrected chi connectivity index (χ0v) is 25.7. The predicted molar refractivity (Wildman–Crippen MR) is 165 cm³/mol. The van der Waals surface area contributed by atoms with Gasteiger partial charge in [0.25, 0.3) is 0 Å². The minimum absolute atomic E-state index is 0.0155. The van der Waals surface area contributed by atoms with Crippen molar-refractivity contribution in [3.05, 3.63) is 89.5 Å². The zero-order chi connectivity index (χ0) is 33.8. The number of anilines is 1. The monoisotopic (exact) mass is 641 g/mol. The van der Waals surface area contributed by atoms with E-state index in [-0.39, 0.29) is 41.5 Å². The number of amides is 5. The molecule has 3 unspecified atom stereocenters. The highest BCUT2D eigenvalue weighted by Gasteiger charge is 2.55. The summed E-state index contributed by atoms with van der Waals surface area (Å²) in [5, 5.41) is 25.6. The number of carbonyl (C=O) groups is 5. The zero-order valence-electron chi connectivity index (χ0n) is 25.7. The molecule has 3 aliphatic heterocycles. The molecule has 5 amide bonds.